The van der Waals surface area contributed by atoms with E-state index < -0.39 is 12.1 Å². The summed E-state index contributed by atoms with van der Waals surface area (Å²) in [6.07, 6.45) is 8.24. The number of carbonyl (C=O) groups excluding carboxylic acids is 2. The fourth-order valence-electron chi connectivity index (χ4n) is 2.64. The average Bonchev–Trinajstić information content (AvgIpc) is 2.60. The maximum Gasteiger partial charge on any atom is 0.359 e. The lowest BCUT2D eigenvalue weighted by Gasteiger charge is -2.22. The first-order chi connectivity index (χ1) is 11.5. The Kier molecular flexibility index (Phi) is 7.30. The van der Waals surface area contributed by atoms with Gasteiger partial charge < -0.3 is 10.1 Å². The van der Waals surface area contributed by atoms with Gasteiger partial charge in [-0.2, -0.15) is 0 Å². The quantitative estimate of drug-likeness (QED) is 0.470. The molecule has 1 saturated carbocycles. The molecule has 1 aromatic rings. The molecule has 0 bridgehead atoms. The van der Waals surface area contributed by atoms with E-state index in [9.17, 15) is 9.59 Å². The summed E-state index contributed by atoms with van der Waals surface area (Å²) < 4.78 is 5.18. The predicted octanol–water partition coefficient (Wildman–Crippen LogP) is 3.09. The van der Waals surface area contributed by atoms with Crippen LogP contribution in [0.1, 0.15) is 49.5 Å². The number of nitrogens with one attached hydrogen (secondary N) is 1. The van der Waals surface area contributed by atoms with Crippen LogP contribution >= 0.6 is 23.4 Å². The predicted molar refractivity (Wildman–Crippen MR) is 93.3 cm³/mol. The first-order valence-corrected chi connectivity index (χ1v) is 9.66. The summed E-state index contributed by atoms with van der Waals surface area (Å²) in [5.41, 5.74) is -0.0250. The van der Waals surface area contributed by atoms with Gasteiger partial charge in [-0.25, -0.2) is 14.8 Å². The van der Waals surface area contributed by atoms with Gasteiger partial charge in [-0.05, 0) is 31.9 Å². The van der Waals surface area contributed by atoms with Gasteiger partial charge in [0.25, 0.3) is 5.91 Å². The third-order valence-electron chi connectivity index (χ3n) is 4.04. The Balaban J connectivity index is 1.87. The van der Waals surface area contributed by atoms with E-state index in [1.54, 1.807) is 13.2 Å². The molecule has 1 fully saturated rings. The van der Waals surface area contributed by atoms with Crippen LogP contribution in [0, 0.1) is 5.92 Å². The zero-order valence-electron chi connectivity index (χ0n) is 13.9. The third-order valence-corrected chi connectivity index (χ3v) is 4.88. The second kappa shape index (κ2) is 9.22. The van der Waals surface area contributed by atoms with Crippen LogP contribution in [-0.4, -0.2) is 40.7 Å². The molecule has 0 aromatic carbocycles. The molecule has 8 heteroatoms. The van der Waals surface area contributed by atoms with E-state index in [0.717, 1.165) is 12.8 Å². The van der Waals surface area contributed by atoms with Crippen LogP contribution in [0.2, 0.25) is 5.02 Å². The first-order valence-electron chi connectivity index (χ1n) is 8.06. The van der Waals surface area contributed by atoms with Gasteiger partial charge in [0.2, 0.25) is 0 Å². The Hall–Kier alpha value is -1.34. The zero-order chi connectivity index (χ0) is 17.5. The van der Waals surface area contributed by atoms with E-state index in [-0.39, 0.29) is 16.6 Å². The zero-order valence-corrected chi connectivity index (χ0v) is 15.5. The molecule has 132 valence electrons. The Labute approximate surface area is 151 Å². The fourth-order valence-corrected chi connectivity index (χ4v) is 3.15. The Bertz CT molecular complexity index is 594. The number of amides is 1. The van der Waals surface area contributed by atoms with E-state index in [4.69, 9.17) is 16.3 Å². The van der Waals surface area contributed by atoms with Crippen LogP contribution in [0.3, 0.4) is 0 Å². The van der Waals surface area contributed by atoms with Crippen LogP contribution in [0.5, 0.6) is 0 Å². The van der Waals surface area contributed by atoms with Crippen molar-refractivity contribution >= 4 is 35.2 Å². The number of aromatic nitrogens is 2. The lowest BCUT2D eigenvalue weighted by atomic mass is 9.89. The number of hydrogen-bond donors (Lipinski definition) is 1. The highest BCUT2D eigenvalue weighted by molar-refractivity contribution is 7.98. The molecule has 0 saturated heterocycles. The summed E-state index contributed by atoms with van der Waals surface area (Å²) in [5, 5.41) is 3.38. The van der Waals surface area contributed by atoms with Crippen LogP contribution in [0.15, 0.2) is 11.4 Å². The molecule has 1 aliphatic rings. The summed E-state index contributed by atoms with van der Waals surface area (Å²) in [4.78, 5) is 32.3. The normalized spacial score (nSPS) is 16.5. The summed E-state index contributed by atoms with van der Waals surface area (Å²) in [6.45, 7) is 2.17. The standard InChI is InChI=1S/C16H22ClN3O3S/c1-10(14(21)18-8-11-6-4-3-5-7-11)23-15(22)13-12(17)9-19-16(20-13)24-2/h9-11H,3-8H2,1-2H3,(H,18,21). The van der Waals surface area contributed by atoms with Gasteiger partial charge in [0.05, 0.1) is 11.2 Å². The SMILES string of the molecule is CSc1ncc(Cl)c(C(=O)OC(C)C(=O)NCC2CCCCC2)n1. The largest absolute Gasteiger partial charge is 0.448 e. The number of carbonyl (C=O) groups is 2. The molecule has 1 unspecified atom stereocenters. The van der Waals surface area contributed by atoms with Crippen molar-refractivity contribution in [1.29, 1.82) is 0 Å². The minimum atomic E-state index is -0.898. The van der Waals surface area contributed by atoms with E-state index in [2.05, 4.69) is 15.3 Å². The molecule has 1 N–H and O–H groups in total. The molecule has 1 atom stereocenters. The molecule has 0 radical (unpaired) electrons. The second-order valence-corrected chi connectivity index (χ2v) is 7.03. The fraction of sp³-hybridized carbons (Fsp3) is 0.625. The lowest BCUT2D eigenvalue weighted by Crippen LogP contribution is -2.38. The maximum atomic E-state index is 12.2. The van der Waals surface area contributed by atoms with E-state index in [1.165, 1.54) is 37.2 Å². The smallest absolute Gasteiger partial charge is 0.359 e. The van der Waals surface area contributed by atoms with Gasteiger partial charge >= 0.3 is 5.97 Å². The Morgan fingerprint density at radius 3 is 2.79 bits per heavy atom. The highest BCUT2D eigenvalue weighted by atomic mass is 35.5. The topological polar surface area (TPSA) is 81.2 Å². The van der Waals surface area contributed by atoms with Crippen molar-refractivity contribution in [1.82, 2.24) is 15.3 Å². The van der Waals surface area contributed by atoms with Crippen molar-refractivity contribution in [2.24, 2.45) is 5.92 Å². The van der Waals surface area contributed by atoms with Gasteiger partial charge in [-0.3, -0.25) is 4.79 Å². The first kappa shape index (κ1) is 19.0. The summed E-state index contributed by atoms with van der Waals surface area (Å²) >= 11 is 7.23. The molecule has 1 aliphatic carbocycles. The lowest BCUT2D eigenvalue weighted by molar-refractivity contribution is -0.129. The summed E-state index contributed by atoms with van der Waals surface area (Å²) in [7, 11) is 0. The van der Waals surface area contributed by atoms with Gasteiger partial charge in [0.15, 0.2) is 17.0 Å². The number of thioether (sulfide) groups is 1. The molecule has 1 aromatic heterocycles. The Morgan fingerprint density at radius 2 is 2.12 bits per heavy atom. The van der Waals surface area contributed by atoms with Crippen molar-refractivity contribution in [3.63, 3.8) is 0 Å². The van der Waals surface area contributed by atoms with Crippen molar-refractivity contribution < 1.29 is 14.3 Å². The molecular weight excluding hydrogens is 350 g/mol. The van der Waals surface area contributed by atoms with Crippen LogP contribution in [-0.2, 0) is 9.53 Å². The van der Waals surface area contributed by atoms with E-state index >= 15 is 0 Å². The number of rotatable bonds is 6. The number of ether oxygens (including phenoxy) is 1. The number of halogens is 1. The number of hydrogen-bond acceptors (Lipinski definition) is 6. The van der Waals surface area contributed by atoms with Crippen molar-refractivity contribution in [2.45, 2.75) is 50.3 Å². The second-order valence-electron chi connectivity index (χ2n) is 5.85. The summed E-state index contributed by atoms with van der Waals surface area (Å²) in [5.74, 6) is -0.506. The number of esters is 1. The molecule has 6 nitrogen and oxygen atoms in total. The van der Waals surface area contributed by atoms with Crippen LogP contribution in [0.25, 0.3) is 0 Å². The monoisotopic (exact) mass is 371 g/mol. The van der Waals surface area contributed by atoms with Crippen molar-refractivity contribution in [3.8, 4) is 0 Å². The highest BCUT2D eigenvalue weighted by Gasteiger charge is 2.23. The van der Waals surface area contributed by atoms with Crippen LogP contribution in [0.4, 0.5) is 0 Å². The molecular formula is C16H22ClN3O3S. The van der Waals surface area contributed by atoms with E-state index in [1.807, 2.05) is 0 Å². The maximum absolute atomic E-state index is 12.2. The third kappa shape index (κ3) is 5.34. The molecule has 0 aliphatic heterocycles. The Morgan fingerprint density at radius 1 is 1.42 bits per heavy atom. The minimum absolute atomic E-state index is 0.0250. The molecule has 1 heterocycles. The van der Waals surface area contributed by atoms with Gasteiger partial charge in [0.1, 0.15) is 0 Å². The summed E-state index contributed by atoms with van der Waals surface area (Å²) in [6, 6.07) is 0. The average molecular weight is 372 g/mol. The van der Waals surface area contributed by atoms with Gasteiger partial charge in [-0.1, -0.05) is 42.6 Å². The van der Waals surface area contributed by atoms with Crippen molar-refractivity contribution in [2.75, 3.05) is 12.8 Å². The molecule has 1 amide bonds. The van der Waals surface area contributed by atoms with Gasteiger partial charge in [0, 0.05) is 6.54 Å². The molecule has 24 heavy (non-hydrogen) atoms. The highest BCUT2D eigenvalue weighted by Crippen LogP contribution is 2.23. The van der Waals surface area contributed by atoms with Crippen LogP contribution < -0.4 is 5.32 Å². The van der Waals surface area contributed by atoms with Crippen molar-refractivity contribution in [3.05, 3.63) is 16.9 Å². The minimum Gasteiger partial charge on any atom is -0.448 e. The van der Waals surface area contributed by atoms with E-state index in [0.29, 0.717) is 17.6 Å². The molecule has 0 spiro atoms. The van der Waals surface area contributed by atoms with Gasteiger partial charge in [-0.15, -0.1) is 0 Å². The molecule has 2 rings (SSSR count). The number of nitrogens with zero attached hydrogens (tertiary/aromatic N) is 2.